The van der Waals surface area contributed by atoms with Crippen molar-refractivity contribution < 1.29 is 17.9 Å². The first-order valence-corrected chi connectivity index (χ1v) is 5.69. The maximum absolute atomic E-state index is 11.9. The van der Waals surface area contributed by atoms with Gasteiger partial charge < -0.3 is 10.1 Å². The van der Waals surface area contributed by atoms with Gasteiger partial charge in [0.05, 0.1) is 25.2 Å². The smallest absolute Gasteiger partial charge is 0.378 e. The molecule has 0 saturated heterocycles. The SMILES string of the molecule is CNC1(C#N)CCCC(OCCC(F)(F)F)C1. The van der Waals surface area contributed by atoms with Gasteiger partial charge in [-0.05, 0) is 26.3 Å². The number of nitrogens with one attached hydrogen (secondary N) is 1. The van der Waals surface area contributed by atoms with E-state index in [1.165, 1.54) is 0 Å². The molecule has 1 rings (SSSR count). The molecule has 0 radical (unpaired) electrons. The van der Waals surface area contributed by atoms with E-state index in [1.807, 2.05) is 0 Å². The fourth-order valence-electron chi connectivity index (χ4n) is 2.09. The molecule has 0 aromatic carbocycles. The van der Waals surface area contributed by atoms with Crippen LogP contribution in [0.3, 0.4) is 0 Å². The molecule has 1 N–H and O–H groups in total. The van der Waals surface area contributed by atoms with E-state index >= 15 is 0 Å². The number of alkyl halides is 3. The van der Waals surface area contributed by atoms with Crippen molar-refractivity contribution in [3.05, 3.63) is 0 Å². The molecule has 0 aromatic rings. The zero-order valence-corrected chi connectivity index (χ0v) is 9.81. The second-order valence-electron chi connectivity index (χ2n) is 4.40. The lowest BCUT2D eigenvalue weighted by molar-refractivity contribution is -0.150. The molecule has 2 atom stereocenters. The molecular formula is C11H17F3N2O. The van der Waals surface area contributed by atoms with Crippen LogP contribution in [-0.2, 0) is 4.74 Å². The highest BCUT2D eigenvalue weighted by atomic mass is 19.4. The summed E-state index contributed by atoms with van der Waals surface area (Å²) in [5.41, 5.74) is -0.638. The third-order valence-corrected chi connectivity index (χ3v) is 3.14. The van der Waals surface area contributed by atoms with Gasteiger partial charge in [0.25, 0.3) is 0 Å². The minimum absolute atomic E-state index is 0.252. The fourth-order valence-corrected chi connectivity index (χ4v) is 2.09. The predicted molar refractivity (Wildman–Crippen MR) is 56.3 cm³/mol. The summed E-state index contributed by atoms with van der Waals surface area (Å²) in [6.07, 6.45) is -2.66. The molecule has 17 heavy (non-hydrogen) atoms. The largest absolute Gasteiger partial charge is 0.391 e. The van der Waals surface area contributed by atoms with E-state index in [0.717, 1.165) is 19.3 Å². The van der Waals surface area contributed by atoms with Gasteiger partial charge in [-0.1, -0.05) is 0 Å². The van der Waals surface area contributed by atoms with Crippen molar-refractivity contribution in [1.29, 1.82) is 5.26 Å². The Labute approximate surface area is 98.9 Å². The lowest BCUT2D eigenvalue weighted by Gasteiger charge is -2.35. The molecule has 3 nitrogen and oxygen atoms in total. The average Bonchev–Trinajstić information content (AvgIpc) is 2.27. The Balaban J connectivity index is 2.38. The number of hydrogen-bond donors (Lipinski definition) is 1. The number of nitrogens with zero attached hydrogens (tertiary/aromatic N) is 1. The molecule has 1 aliphatic carbocycles. The van der Waals surface area contributed by atoms with Crippen LogP contribution in [0, 0.1) is 11.3 Å². The lowest BCUT2D eigenvalue weighted by atomic mass is 9.81. The molecule has 6 heteroatoms. The molecule has 0 amide bonds. The molecule has 0 aliphatic heterocycles. The first-order chi connectivity index (χ1) is 7.91. The van der Waals surface area contributed by atoms with Crippen LogP contribution in [-0.4, -0.2) is 31.5 Å². The van der Waals surface area contributed by atoms with Gasteiger partial charge >= 0.3 is 6.18 Å². The molecule has 1 saturated carbocycles. The molecule has 0 spiro atoms. The van der Waals surface area contributed by atoms with Crippen molar-refractivity contribution in [2.45, 2.75) is 49.9 Å². The van der Waals surface area contributed by atoms with Crippen molar-refractivity contribution >= 4 is 0 Å². The maximum Gasteiger partial charge on any atom is 0.391 e. The van der Waals surface area contributed by atoms with E-state index in [0.29, 0.717) is 6.42 Å². The van der Waals surface area contributed by atoms with E-state index in [9.17, 15) is 13.2 Å². The van der Waals surface area contributed by atoms with Crippen LogP contribution in [0.4, 0.5) is 13.2 Å². The zero-order chi connectivity index (χ0) is 12.9. The highest BCUT2D eigenvalue weighted by Gasteiger charge is 2.36. The minimum Gasteiger partial charge on any atom is -0.378 e. The van der Waals surface area contributed by atoms with E-state index in [4.69, 9.17) is 10.00 Å². The second-order valence-corrected chi connectivity index (χ2v) is 4.40. The summed E-state index contributed by atoms with van der Waals surface area (Å²) in [7, 11) is 1.70. The number of ether oxygens (including phenoxy) is 1. The van der Waals surface area contributed by atoms with Crippen molar-refractivity contribution in [1.82, 2.24) is 5.32 Å². The third kappa shape index (κ3) is 4.52. The molecule has 1 aliphatic rings. The molecule has 0 heterocycles. The summed E-state index contributed by atoms with van der Waals surface area (Å²) in [6.45, 7) is -0.320. The van der Waals surface area contributed by atoms with Crippen molar-refractivity contribution in [3.8, 4) is 6.07 Å². The molecule has 2 unspecified atom stereocenters. The Morgan fingerprint density at radius 3 is 2.76 bits per heavy atom. The van der Waals surface area contributed by atoms with Gasteiger partial charge in [0.1, 0.15) is 5.54 Å². The van der Waals surface area contributed by atoms with Crippen LogP contribution in [0.15, 0.2) is 0 Å². The first kappa shape index (κ1) is 14.3. The van der Waals surface area contributed by atoms with Gasteiger partial charge in [-0.25, -0.2) is 0 Å². The van der Waals surface area contributed by atoms with E-state index in [2.05, 4.69) is 11.4 Å². The monoisotopic (exact) mass is 250 g/mol. The van der Waals surface area contributed by atoms with Crippen LogP contribution in [0.2, 0.25) is 0 Å². The summed E-state index contributed by atoms with van der Waals surface area (Å²) >= 11 is 0. The van der Waals surface area contributed by atoms with Crippen LogP contribution in [0.1, 0.15) is 32.1 Å². The summed E-state index contributed by atoms with van der Waals surface area (Å²) in [6, 6.07) is 2.19. The Morgan fingerprint density at radius 1 is 1.53 bits per heavy atom. The quantitative estimate of drug-likeness (QED) is 0.833. The highest BCUT2D eigenvalue weighted by Crippen LogP contribution is 2.30. The van der Waals surface area contributed by atoms with Crippen LogP contribution >= 0.6 is 0 Å². The third-order valence-electron chi connectivity index (χ3n) is 3.14. The van der Waals surface area contributed by atoms with Gasteiger partial charge in [0, 0.05) is 6.42 Å². The van der Waals surface area contributed by atoms with Crippen LogP contribution < -0.4 is 5.32 Å². The number of rotatable bonds is 4. The average molecular weight is 250 g/mol. The van der Waals surface area contributed by atoms with Crippen molar-refractivity contribution in [3.63, 3.8) is 0 Å². The van der Waals surface area contributed by atoms with Gasteiger partial charge in [-0.2, -0.15) is 18.4 Å². The fraction of sp³-hybridized carbons (Fsp3) is 0.909. The highest BCUT2D eigenvalue weighted by molar-refractivity contribution is 5.09. The molecule has 1 fully saturated rings. The Kier molecular flexibility index (Phi) is 4.78. The van der Waals surface area contributed by atoms with Gasteiger partial charge in [0.2, 0.25) is 0 Å². The minimum atomic E-state index is -4.18. The van der Waals surface area contributed by atoms with E-state index in [1.54, 1.807) is 7.05 Å². The van der Waals surface area contributed by atoms with Crippen LogP contribution in [0.25, 0.3) is 0 Å². The number of halogens is 3. The topological polar surface area (TPSA) is 45.0 Å². The normalized spacial score (nSPS) is 29.9. The Morgan fingerprint density at radius 2 is 2.24 bits per heavy atom. The Bertz CT molecular complexity index is 287. The summed E-state index contributed by atoms with van der Waals surface area (Å²) in [5, 5.41) is 12.0. The predicted octanol–water partition coefficient (Wildman–Crippen LogP) is 2.38. The summed E-state index contributed by atoms with van der Waals surface area (Å²) in [4.78, 5) is 0. The standard InChI is InChI=1S/C11H17F3N2O/c1-16-10(8-15)4-2-3-9(7-10)17-6-5-11(12,13)14/h9,16H,2-7H2,1H3. The molecule has 0 aromatic heterocycles. The first-order valence-electron chi connectivity index (χ1n) is 5.69. The van der Waals surface area contributed by atoms with Crippen LogP contribution in [0.5, 0.6) is 0 Å². The number of hydrogen-bond acceptors (Lipinski definition) is 3. The second kappa shape index (κ2) is 5.69. The molecular weight excluding hydrogens is 233 g/mol. The zero-order valence-electron chi connectivity index (χ0n) is 9.81. The van der Waals surface area contributed by atoms with E-state index in [-0.39, 0.29) is 12.7 Å². The Hall–Kier alpha value is -0.800. The lowest BCUT2D eigenvalue weighted by Crippen LogP contribution is -2.47. The molecule has 98 valence electrons. The van der Waals surface area contributed by atoms with Gasteiger partial charge in [0.15, 0.2) is 0 Å². The number of nitriles is 1. The van der Waals surface area contributed by atoms with Gasteiger partial charge in [-0.15, -0.1) is 0 Å². The molecule has 0 bridgehead atoms. The maximum atomic E-state index is 11.9. The van der Waals surface area contributed by atoms with E-state index < -0.39 is 18.1 Å². The van der Waals surface area contributed by atoms with Crippen molar-refractivity contribution in [2.75, 3.05) is 13.7 Å². The summed E-state index contributed by atoms with van der Waals surface area (Å²) in [5.74, 6) is 0. The van der Waals surface area contributed by atoms with Gasteiger partial charge in [-0.3, -0.25) is 0 Å². The summed E-state index contributed by atoms with van der Waals surface area (Å²) < 4.78 is 41.1. The van der Waals surface area contributed by atoms with Crippen molar-refractivity contribution in [2.24, 2.45) is 0 Å².